The molecule has 2 aliphatic carbocycles. The summed E-state index contributed by atoms with van der Waals surface area (Å²) >= 11 is 0. The number of piperidine rings is 1. The molecule has 0 radical (unpaired) electrons. The highest BCUT2D eigenvalue weighted by Crippen LogP contribution is 2.56. The molecule has 0 unspecified atom stereocenters. The predicted octanol–water partition coefficient (Wildman–Crippen LogP) is 7.71. The Labute approximate surface area is 307 Å². The molecule has 8 rings (SSSR count). The Morgan fingerprint density at radius 1 is 1.04 bits per heavy atom. The number of benzene rings is 1. The third-order valence-corrected chi connectivity index (χ3v) is 12.3. The molecule has 5 heterocycles. The van der Waals surface area contributed by atoms with Crippen molar-refractivity contribution in [1.82, 2.24) is 29.7 Å². The molecule has 1 aromatic carbocycles. The van der Waals surface area contributed by atoms with Gasteiger partial charge in [-0.25, -0.2) is 23.7 Å². The summed E-state index contributed by atoms with van der Waals surface area (Å²) in [6, 6.07) is 4.38. The van der Waals surface area contributed by atoms with Gasteiger partial charge in [0.1, 0.15) is 5.52 Å². The van der Waals surface area contributed by atoms with Crippen LogP contribution in [0.25, 0.3) is 22.3 Å². The number of hydrogen-bond donors (Lipinski definition) is 2. The van der Waals surface area contributed by atoms with Crippen molar-refractivity contribution in [2.45, 2.75) is 110 Å². The molecule has 4 aliphatic rings. The number of hydrogen-bond acceptors (Lipinski definition) is 7. The van der Waals surface area contributed by atoms with Crippen LogP contribution >= 0.6 is 0 Å². The molecule has 10 nitrogen and oxygen atoms in total. The standard InChI is InChI=1S/C40H47F3N8O2/c1-8-44-36(52)24-14-27(31(42)30(41)22(24)4)47-35-32-28(45-20-50(32)21(2)3)16-26(46-35)25-15-29-33(48-34(25)43)38(5,6)37(53)51(29)23-17-39(7,18-23)49-13-9-10-40(19-49)11-12-40/h14-16,20-21,23H,8-13,17-19H2,1-7H3,(H,44,52)(H,46,47)/t23-,39+. The fourth-order valence-corrected chi connectivity index (χ4v) is 8.93. The Kier molecular flexibility index (Phi) is 8.21. The number of fused-ring (bicyclic) bond motifs is 2. The molecule has 2 N–H and O–H groups in total. The van der Waals surface area contributed by atoms with Crippen molar-refractivity contribution in [2.75, 3.05) is 29.9 Å². The summed E-state index contributed by atoms with van der Waals surface area (Å²) in [5, 5.41) is 5.56. The van der Waals surface area contributed by atoms with E-state index in [4.69, 9.17) is 4.98 Å². The van der Waals surface area contributed by atoms with Gasteiger partial charge in [-0.05, 0) is 117 Å². The average Bonchev–Trinajstić information content (AvgIpc) is 3.63. The summed E-state index contributed by atoms with van der Waals surface area (Å²) < 4.78 is 48.9. The average molecular weight is 729 g/mol. The molecule has 0 bridgehead atoms. The molecule has 0 atom stereocenters. The van der Waals surface area contributed by atoms with E-state index in [0.29, 0.717) is 34.4 Å². The Bertz CT molecular complexity index is 2190. The molecule has 3 fully saturated rings. The lowest BCUT2D eigenvalue weighted by molar-refractivity contribution is -0.124. The highest BCUT2D eigenvalue weighted by molar-refractivity contribution is 6.08. The second-order valence-electron chi connectivity index (χ2n) is 16.8. The van der Waals surface area contributed by atoms with Crippen LogP contribution in [0.15, 0.2) is 24.5 Å². The van der Waals surface area contributed by atoms with Crippen LogP contribution in [0.2, 0.25) is 0 Å². The summed E-state index contributed by atoms with van der Waals surface area (Å²) in [7, 11) is 0. The van der Waals surface area contributed by atoms with E-state index in [0.717, 1.165) is 25.9 Å². The normalized spacial score (nSPS) is 23.1. The molecule has 1 spiro atoms. The summed E-state index contributed by atoms with van der Waals surface area (Å²) in [5.41, 5.74) is 1.04. The lowest BCUT2D eigenvalue weighted by atomic mass is 9.70. The molecular weight excluding hydrogens is 681 g/mol. The molecule has 2 amide bonds. The Hall–Kier alpha value is -4.52. The number of halogens is 3. The minimum absolute atomic E-state index is 0.00560. The fourth-order valence-electron chi connectivity index (χ4n) is 8.93. The van der Waals surface area contributed by atoms with E-state index in [1.807, 2.05) is 23.3 Å². The van der Waals surface area contributed by atoms with Crippen LogP contribution in [-0.2, 0) is 10.2 Å². The van der Waals surface area contributed by atoms with E-state index in [2.05, 4.69) is 32.4 Å². The maximum atomic E-state index is 16.2. The second-order valence-corrected chi connectivity index (χ2v) is 16.8. The van der Waals surface area contributed by atoms with Gasteiger partial charge in [0.05, 0.1) is 45.6 Å². The van der Waals surface area contributed by atoms with E-state index in [1.54, 1.807) is 39.2 Å². The number of carbonyl (C=O) groups excluding carboxylic acids is 2. The van der Waals surface area contributed by atoms with Gasteiger partial charge in [0.2, 0.25) is 11.9 Å². The van der Waals surface area contributed by atoms with E-state index in [-0.39, 0.29) is 57.4 Å². The van der Waals surface area contributed by atoms with E-state index in [1.165, 1.54) is 38.7 Å². The Balaban J connectivity index is 1.19. The van der Waals surface area contributed by atoms with Crippen LogP contribution in [0, 0.1) is 29.9 Å². The molecule has 2 aliphatic heterocycles. The first-order valence-electron chi connectivity index (χ1n) is 18.8. The van der Waals surface area contributed by atoms with Gasteiger partial charge in [-0.15, -0.1) is 0 Å². The maximum absolute atomic E-state index is 16.2. The van der Waals surface area contributed by atoms with Crippen LogP contribution in [0.3, 0.4) is 0 Å². The quantitative estimate of drug-likeness (QED) is 0.179. The van der Waals surface area contributed by atoms with Crippen molar-refractivity contribution in [2.24, 2.45) is 5.41 Å². The summed E-state index contributed by atoms with van der Waals surface area (Å²) in [6.45, 7) is 15.3. The molecule has 1 saturated heterocycles. The number of carbonyl (C=O) groups is 2. The molecule has 280 valence electrons. The highest BCUT2D eigenvalue weighted by Gasteiger charge is 2.57. The van der Waals surface area contributed by atoms with Crippen LogP contribution < -0.4 is 15.5 Å². The predicted molar refractivity (Wildman–Crippen MR) is 198 cm³/mol. The molecular formula is C40H47F3N8O2. The molecule has 3 aromatic heterocycles. The van der Waals surface area contributed by atoms with Crippen molar-refractivity contribution < 1.29 is 22.8 Å². The second kappa shape index (κ2) is 12.3. The molecule has 53 heavy (non-hydrogen) atoms. The maximum Gasteiger partial charge on any atom is 0.251 e. The fraction of sp³-hybridized carbons (Fsp3) is 0.525. The minimum Gasteiger partial charge on any atom is -0.352 e. The third kappa shape index (κ3) is 5.60. The lowest BCUT2D eigenvalue weighted by Gasteiger charge is -2.56. The monoisotopic (exact) mass is 728 g/mol. The van der Waals surface area contributed by atoms with Gasteiger partial charge < -0.3 is 20.1 Å². The number of anilines is 3. The van der Waals surface area contributed by atoms with Crippen LogP contribution in [-0.4, -0.2) is 67.4 Å². The zero-order valence-electron chi connectivity index (χ0n) is 31.5. The number of pyridine rings is 2. The smallest absolute Gasteiger partial charge is 0.251 e. The number of aromatic nitrogens is 4. The van der Waals surface area contributed by atoms with E-state index >= 15 is 13.2 Å². The number of likely N-dealkylation sites (tertiary alicyclic amines) is 1. The number of imidazole rings is 1. The molecule has 4 aromatic rings. The van der Waals surface area contributed by atoms with Gasteiger partial charge in [0.25, 0.3) is 5.91 Å². The number of rotatable bonds is 8. The van der Waals surface area contributed by atoms with E-state index < -0.39 is 28.9 Å². The zero-order valence-corrected chi connectivity index (χ0v) is 31.5. The van der Waals surface area contributed by atoms with Crippen molar-refractivity contribution in [1.29, 1.82) is 0 Å². The summed E-state index contributed by atoms with van der Waals surface area (Å²) in [6.07, 6.45) is 8.36. The SMILES string of the molecule is CCNC(=O)c1cc(Nc2nc(-c3cc4c(nc3F)C(C)(C)C(=O)N4[C@H]3C[C@@](C)(N4CCCC5(CC5)C4)C3)cc3ncn(C(C)C)c23)c(F)c(F)c1C. The Morgan fingerprint density at radius 3 is 2.45 bits per heavy atom. The van der Waals surface area contributed by atoms with Gasteiger partial charge in [0, 0.05) is 41.8 Å². The van der Waals surface area contributed by atoms with Gasteiger partial charge in [-0.1, -0.05) is 0 Å². The van der Waals surface area contributed by atoms with Crippen LogP contribution in [0.1, 0.15) is 108 Å². The minimum atomic E-state index is -1.18. The first kappa shape index (κ1) is 35.5. The molecule has 13 heteroatoms. The van der Waals surface area contributed by atoms with Gasteiger partial charge in [-0.2, -0.15) is 4.39 Å². The largest absolute Gasteiger partial charge is 0.352 e. The topological polar surface area (TPSA) is 108 Å². The zero-order chi connectivity index (χ0) is 37.8. The number of nitrogens with one attached hydrogen (secondary N) is 2. The van der Waals surface area contributed by atoms with Gasteiger partial charge in [0.15, 0.2) is 17.5 Å². The highest BCUT2D eigenvalue weighted by atomic mass is 19.2. The third-order valence-electron chi connectivity index (χ3n) is 12.3. The van der Waals surface area contributed by atoms with Gasteiger partial charge >= 0.3 is 0 Å². The first-order valence-corrected chi connectivity index (χ1v) is 18.8. The molecule has 2 saturated carbocycles. The van der Waals surface area contributed by atoms with Crippen molar-refractivity contribution in [3.8, 4) is 11.3 Å². The summed E-state index contributed by atoms with van der Waals surface area (Å²) in [4.78, 5) is 45.1. The van der Waals surface area contributed by atoms with Crippen LogP contribution in [0.5, 0.6) is 0 Å². The van der Waals surface area contributed by atoms with E-state index in [9.17, 15) is 9.59 Å². The first-order chi connectivity index (χ1) is 25.1. The van der Waals surface area contributed by atoms with Crippen LogP contribution in [0.4, 0.5) is 30.4 Å². The summed E-state index contributed by atoms with van der Waals surface area (Å²) in [5.74, 6) is -3.72. The number of nitrogens with zero attached hydrogens (tertiary/aromatic N) is 6. The Morgan fingerprint density at radius 2 is 1.77 bits per heavy atom. The van der Waals surface area contributed by atoms with Crippen molar-refractivity contribution >= 4 is 40.0 Å². The van der Waals surface area contributed by atoms with Gasteiger partial charge in [-0.3, -0.25) is 14.5 Å². The lowest BCUT2D eigenvalue weighted by Crippen LogP contribution is -2.64. The van der Waals surface area contributed by atoms with Crippen molar-refractivity contribution in [3.63, 3.8) is 0 Å². The van der Waals surface area contributed by atoms with Crippen molar-refractivity contribution in [3.05, 3.63) is 58.9 Å². The number of amides is 2.